The number of hydrogen-bond donors (Lipinski definition) is 1. The summed E-state index contributed by atoms with van der Waals surface area (Å²) in [5.74, 6) is 0. The molecule has 31 heavy (non-hydrogen) atoms. The van der Waals surface area contributed by atoms with Crippen LogP contribution in [0.15, 0.2) is 120 Å². The van der Waals surface area contributed by atoms with Gasteiger partial charge in [0.25, 0.3) is 10.0 Å². The monoisotopic (exact) mass is 427 g/mol. The summed E-state index contributed by atoms with van der Waals surface area (Å²) >= 11 is 0. The fourth-order valence-electron chi connectivity index (χ4n) is 3.32. The molecule has 0 atom stereocenters. The van der Waals surface area contributed by atoms with Crippen LogP contribution in [0.4, 0.5) is 0 Å². The van der Waals surface area contributed by atoms with Crippen LogP contribution in [0.5, 0.6) is 0 Å². The highest BCUT2D eigenvalue weighted by Crippen LogP contribution is 2.19. The quantitative estimate of drug-likeness (QED) is 0.451. The second kappa shape index (κ2) is 8.98. The van der Waals surface area contributed by atoms with E-state index in [1.807, 2.05) is 96.6 Å². The number of nitrogens with one attached hydrogen (secondary N) is 1. The van der Waals surface area contributed by atoms with Crippen LogP contribution < -0.4 is 9.29 Å². The average molecular weight is 428 g/mol. The highest BCUT2D eigenvalue weighted by atomic mass is 32.2. The Labute approximate surface area is 183 Å². The van der Waals surface area contributed by atoms with Crippen molar-refractivity contribution in [2.24, 2.45) is 0 Å². The van der Waals surface area contributed by atoms with Gasteiger partial charge in [0.15, 0.2) is 6.20 Å². The van der Waals surface area contributed by atoms with Crippen LogP contribution in [0.1, 0.15) is 11.1 Å². The number of aromatic nitrogens is 1. The molecule has 0 aliphatic rings. The van der Waals surface area contributed by atoms with Crippen LogP contribution in [0.2, 0.25) is 0 Å². The van der Waals surface area contributed by atoms with Gasteiger partial charge in [-0.2, -0.15) is 4.57 Å². The average Bonchev–Trinajstić information content (AvgIpc) is 2.81. The van der Waals surface area contributed by atoms with Crippen LogP contribution in [0.3, 0.4) is 0 Å². The number of sulfonamides is 1. The molecule has 4 nitrogen and oxygen atoms in total. The second-order valence-corrected chi connectivity index (χ2v) is 8.87. The first kappa shape index (κ1) is 20.6. The molecule has 0 unspecified atom stereocenters. The number of nitrogens with zero attached hydrogens (tertiary/aromatic N) is 1. The molecule has 0 fully saturated rings. The fourth-order valence-corrected chi connectivity index (χ4v) is 4.21. The van der Waals surface area contributed by atoms with Crippen molar-refractivity contribution in [2.45, 2.75) is 11.8 Å². The van der Waals surface area contributed by atoms with E-state index in [1.54, 1.807) is 30.5 Å². The molecule has 0 spiro atoms. The molecule has 0 saturated heterocycles. The van der Waals surface area contributed by atoms with Gasteiger partial charge < -0.3 is 0 Å². The van der Waals surface area contributed by atoms with Gasteiger partial charge in [-0.15, -0.1) is 0 Å². The molecule has 3 aromatic carbocycles. The van der Waals surface area contributed by atoms with E-state index in [0.717, 1.165) is 28.1 Å². The lowest BCUT2D eigenvalue weighted by Crippen LogP contribution is -2.36. The Morgan fingerprint density at radius 2 is 1.39 bits per heavy atom. The maximum atomic E-state index is 12.9. The molecule has 1 heterocycles. The summed E-state index contributed by atoms with van der Waals surface area (Å²) in [5.41, 5.74) is 4.60. The molecule has 1 N–H and O–H groups in total. The van der Waals surface area contributed by atoms with Crippen LogP contribution in [-0.2, 0) is 10.0 Å². The Kier molecular flexibility index (Phi) is 5.96. The molecule has 0 saturated carbocycles. The van der Waals surface area contributed by atoms with E-state index in [-0.39, 0.29) is 4.90 Å². The summed E-state index contributed by atoms with van der Waals surface area (Å²) in [5, 5.41) is 0. The Morgan fingerprint density at radius 3 is 2.06 bits per heavy atom. The Hall–Kier alpha value is -3.70. The molecule has 4 rings (SSSR count). The van der Waals surface area contributed by atoms with Gasteiger partial charge in [0, 0.05) is 23.3 Å². The van der Waals surface area contributed by atoms with Gasteiger partial charge >= 0.3 is 0 Å². The maximum Gasteiger partial charge on any atom is 0.261 e. The van der Waals surface area contributed by atoms with Crippen molar-refractivity contribution in [3.63, 3.8) is 0 Å². The van der Waals surface area contributed by atoms with Crippen LogP contribution in [0, 0.1) is 6.92 Å². The number of hydrogen-bond acceptors (Lipinski definition) is 2. The summed E-state index contributed by atoms with van der Waals surface area (Å²) in [7, 11) is -3.71. The van der Waals surface area contributed by atoms with Gasteiger partial charge in [-0.05, 0) is 49.4 Å². The molecule has 154 valence electrons. The minimum absolute atomic E-state index is 0.225. The summed E-state index contributed by atoms with van der Waals surface area (Å²) in [6, 6.07) is 32.4. The van der Waals surface area contributed by atoms with Crippen molar-refractivity contribution < 1.29 is 13.0 Å². The van der Waals surface area contributed by atoms with Crippen molar-refractivity contribution >= 4 is 15.7 Å². The molecule has 0 radical (unpaired) electrons. The summed E-state index contributed by atoms with van der Waals surface area (Å²) < 4.78 is 30.4. The standard InChI is InChI=1S/C26H23N2O2S/c1-21-15-17-24(18-16-21)31(29,30)27-20-26(23-12-6-3-7-13-23)28-19-9-8-14-25(28)22-10-4-2-5-11-22/h2-20,27H,1H3/q+1/b26-20-. The lowest BCUT2D eigenvalue weighted by atomic mass is 10.1. The molecule has 0 bridgehead atoms. The minimum atomic E-state index is -3.71. The van der Waals surface area contributed by atoms with Crippen molar-refractivity contribution in [3.05, 3.63) is 127 Å². The summed E-state index contributed by atoms with van der Waals surface area (Å²) in [4.78, 5) is 0.225. The van der Waals surface area contributed by atoms with Crippen molar-refractivity contribution in [1.82, 2.24) is 4.72 Å². The largest absolute Gasteiger partial charge is 0.280 e. The highest BCUT2D eigenvalue weighted by Gasteiger charge is 2.21. The molecule has 1 aromatic heterocycles. The van der Waals surface area contributed by atoms with E-state index in [4.69, 9.17) is 0 Å². The third kappa shape index (κ3) is 4.73. The first-order chi connectivity index (χ1) is 15.0. The SMILES string of the molecule is Cc1ccc(S(=O)(=O)N/C=C(/c2ccccc2)[n+]2ccccc2-c2ccccc2)cc1. The smallest absolute Gasteiger partial charge is 0.261 e. The van der Waals surface area contributed by atoms with Gasteiger partial charge in [0.05, 0.1) is 11.1 Å². The van der Waals surface area contributed by atoms with Crippen molar-refractivity contribution in [2.75, 3.05) is 0 Å². The van der Waals surface area contributed by atoms with Gasteiger partial charge in [-0.25, -0.2) is 8.42 Å². The first-order valence-electron chi connectivity index (χ1n) is 9.96. The second-order valence-electron chi connectivity index (χ2n) is 7.15. The molecular weight excluding hydrogens is 404 g/mol. The van der Waals surface area contributed by atoms with E-state index in [2.05, 4.69) is 4.72 Å². The van der Waals surface area contributed by atoms with Gasteiger partial charge in [-0.3, -0.25) is 4.72 Å². The van der Waals surface area contributed by atoms with Gasteiger partial charge in [0.2, 0.25) is 11.4 Å². The van der Waals surface area contributed by atoms with Gasteiger partial charge in [0.1, 0.15) is 0 Å². The van der Waals surface area contributed by atoms with E-state index in [0.29, 0.717) is 0 Å². The van der Waals surface area contributed by atoms with Crippen molar-refractivity contribution in [1.29, 1.82) is 0 Å². The molecule has 0 aliphatic carbocycles. The zero-order valence-corrected chi connectivity index (χ0v) is 18.0. The molecule has 5 heteroatoms. The van der Waals surface area contributed by atoms with Crippen LogP contribution in [0.25, 0.3) is 17.0 Å². The number of rotatable bonds is 6. The molecule has 0 amide bonds. The first-order valence-corrected chi connectivity index (χ1v) is 11.4. The van der Waals surface area contributed by atoms with E-state index >= 15 is 0 Å². The third-order valence-electron chi connectivity index (χ3n) is 4.94. The number of aryl methyl sites for hydroxylation is 1. The van der Waals surface area contributed by atoms with E-state index in [1.165, 1.54) is 0 Å². The highest BCUT2D eigenvalue weighted by molar-refractivity contribution is 7.89. The maximum absolute atomic E-state index is 12.9. The summed E-state index contributed by atoms with van der Waals surface area (Å²) in [6.07, 6.45) is 3.48. The van der Waals surface area contributed by atoms with Gasteiger partial charge in [-0.1, -0.05) is 54.1 Å². The Morgan fingerprint density at radius 1 is 0.774 bits per heavy atom. The fraction of sp³-hybridized carbons (Fsp3) is 0.0385. The molecular formula is C26H23N2O2S+. The molecule has 4 aromatic rings. The third-order valence-corrected chi connectivity index (χ3v) is 6.26. The predicted molar refractivity (Wildman–Crippen MR) is 123 cm³/mol. The lowest BCUT2D eigenvalue weighted by molar-refractivity contribution is -0.567. The predicted octanol–water partition coefficient (Wildman–Crippen LogP) is 4.77. The minimum Gasteiger partial charge on any atom is -0.280 e. The van der Waals surface area contributed by atoms with E-state index < -0.39 is 10.0 Å². The number of pyridine rings is 1. The summed E-state index contributed by atoms with van der Waals surface area (Å²) in [6.45, 7) is 1.92. The Bertz CT molecular complexity index is 1300. The normalized spacial score (nSPS) is 11.8. The Balaban J connectivity index is 1.81. The van der Waals surface area contributed by atoms with E-state index in [9.17, 15) is 8.42 Å². The van der Waals surface area contributed by atoms with Crippen LogP contribution in [-0.4, -0.2) is 8.42 Å². The topological polar surface area (TPSA) is 50.1 Å². The zero-order chi connectivity index (χ0) is 21.7. The van der Waals surface area contributed by atoms with Crippen molar-refractivity contribution in [3.8, 4) is 11.3 Å². The molecule has 0 aliphatic heterocycles. The van der Waals surface area contributed by atoms with Crippen LogP contribution >= 0.6 is 0 Å². The zero-order valence-electron chi connectivity index (χ0n) is 17.1. The number of benzene rings is 3. The lowest BCUT2D eigenvalue weighted by Gasteiger charge is -2.09.